The van der Waals surface area contributed by atoms with E-state index in [2.05, 4.69) is 27.7 Å². The fourth-order valence-corrected chi connectivity index (χ4v) is 1.76. The Hall–Kier alpha value is -0.0400. The van der Waals surface area contributed by atoms with Gasteiger partial charge in [-0.2, -0.15) is 0 Å². The maximum absolute atomic E-state index is 5.90. The van der Waals surface area contributed by atoms with E-state index in [0.29, 0.717) is 11.5 Å². The summed E-state index contributed by atoms with van der Waals surface area (Å²) in [5, 5.41) is 0. The van der Waals surface area contributed by atoms with Crippen LogP contribution in [0.25, 0.3) is 0 Å². The van der Waals surface area contributed by atoms with Gasteiger partial charge in [0.1, 0.15) is 0 Å². The van der Waals surface area contributed by atoms with Crippen LogP contribution in [0.2, 0.25) is 0 Å². The normalized spacial score (nSPS) is 30.5. The predicted octanol–water partition coefficient (Wildman–Crippen LogP) is 3.63. The summed E-state index contributed by atoms with van der Waals surface area (Å²) < 4.78 is 5.90. The largest absolute Gasteiger partial charge is 0.378 e. The van der Waals surface area contributed by atoms with Gasteiger partial charge >= 0.3 is 0 Å². The molecule has 0 radical (unpaired) electrons. The molecule has 0 atom stereocenters. The smallest absolute Gasteiger partial charge is 0.0575 e. The summed E-state index contributed by atoms with van der Waals surface area (Å²) in [6.07, 6.45) is 5.81. The van der Waals surface area contributed by atoms with Crippen molar-refractivity contribution in [2.75, 3.05) is 6.61 Å². The highest BCUT2D eigenvalue weighted by molar-refractivity contribution is 4.71. The average Bonchev–Trinajstić information content (AvgIpc) is 2.02. The molecule has 0 amide bonds. The van der Waals surface area contributed by atoms with Crippen LogP contribution in [0.3, 0.4) is 0 Å². The first-order chi connectivity index (χ1) is 5.97. The highest BCUT2D eigenvalue weighted by Crippen LogP contribution is 2.27. The SMILES string of the molecule is CC1CCC(OCC(C)(C)C)CC1. The molecule has 1 nitrogen and oxygen atoms in total. The van der Waals surface area contributed by atoms with Crippen LogP contribution in [0.4, 0.5) is 0 Å². The van der Waals surface area contributed by atoms with Crippen molar-refractivity contribution in [3.05, 3.63) is 0 Å². The molecule has 0 aliphatic heterocycles. The fraction of sp³-hybridized carbons (Fsp3) is 1.00. The Kier molecular flexibility index (Phi) is 3.78. The molecule has 0 saturated heterocycles. The quantitative estimate of drug-likeness (QED) is 0.637. The summed E-state index contributed by atoms with van der Waals surface area (Å²) in [5.41, 5.74) is 0.322. The first-order valence-corrected chi connectivity index (χ1v) is 5.59. The number of ether oxygens (including phenoxy) is 1. The van der Waals surface area contributed by atoms with Crippen LogP contribution in [0.1, 0.15) is 53.4 Å². The van der Waals surface area contributed by atoms with Crippen LogP contribution in [0.15, 0.2) is 0 Å². The highest BCUT2D eigenvalue weighted by atomic mass is 16.5. The van der Waals surface area contributed by atoms with Gasteiger partial charge in [-0.15, -0.1) is 0 Å². The molecule has 0 heterocycles. The zero-order chi connectivity index (χ0) is 9.90. The van der Waals surface area contributed by atoms with Crippen molar-refractivity contribution in [2.24, 2.45) is 11.3 Å². The molecule has 1 aliphatic carbocycles. The molecule has 0 aromatic heterocycles. The van der Waals surface area contributed by atoms with Crippen molar-refractivity contribution in [1.29, 1.82) is 0 Å². The lowest BCUT2D eigenvalue weighted by atomic mass is 9.88. The summed E-state index contributed by atoms with van der Waals surface area (Å²) in [6, 6.07) is 0. The molecule has 0 bridgehead atoms. The van der Waals surface area contributed by atoms with Crippen LogP contribution < -0.4 is 0 Å². The van der Waals surface area contributed by atoms with E-state index >= 15 is 0 Å². The molecular formula is C12H24O. The molecule has 13 heavy (non-hydrogen) atoms. The van der Waals surface area contributed by atoms with E-state index < -0.39 is 0 Å². The van der Waals surface area contributed by atoms with Gasteiger partial charge in [0.15, 0.2) is 0 Å². The third-order valence-electron chi connectivity index (χ3n) is 2.71. The molecule has 0 N–H and O–H groups in total. The van der Waals surface area contributed by atoms with E-state index in [1.165, 1.54) is 25.7 Å². The van der Waals surface area contributed by atoms with E-state index in [1.54, 1.807) is 0 Å². The van der Waals surface area contributed by atoms with E-state index in [9.17, 15) is 0 Å². The average molecular weight is 184 g/mol. The minimum absolute atomic E-state index is 0.322. The lowest BCUT2D eigenvalue weighted by Crippen LogP contribution is -2.25. The third kappa shape index (κ3) is 4.66. The molecule has 0 aromatic carbocycles. The molecule has 1 rings (SSSR count). The summed E-state index contributed by atoms with van der Waals surface area (Å²) in [5.74, 6) is 0.925. The van der Waals surface area contributed by atoms with Crippen LogP contribution in [0.5, 0.6) is 0 Å². The van der Waals surface area contributed by atoms with Crippen molar-refractivity contribution in [2.45, 2.75) is 59.5 Å². The maximum Gasteiger partial charge on any atom is 0.0575 e. The molecule has 1 heteroatoms. The second-order valence-electron chi connectivity index (χ2n) is 5.75. The summed E-state index contributed by atoms with van der Waals surface area (Å²) >= 11 is 0. The first kappa shape index (κ1) is 11.0. The van der Waals surface area contributed by atoms with Gasteiger partial charge in [0.05, 0.1) is 12.7 Å². The van der Waals surface area contributed by atoms with Gasteiger partial charge in [-0.3, -0.25) is 0 Å². The van der Waals surface area contributed by atoms with Gasteiger partial charge in [0.25, 0.3) is 0 Å². The van der Waals surface area contributed by atoms with Gasteiger partial charge in [-0.1, -0.05) is 27.7 Å². The molecule has 1 aliphatic rings. The summed E-state index contributed by atoms with van der Waals surface area (Å²) in [6.45, 7) is 9.96. The van der Waals surface area contributed by atoms with E-state index in [0.717, 1.165) is 12.5 Å². The minimum Gasteiger partial charge on any atom is -0.378 e. The van der Waals surface area contributed by atoms with Crippen LogP contribution in [-0.4, -0.2) is 12.7 Å². The predicted molar refractivity (Wildman–Crippen MR) is 56.8 cm³/mol. The first-order valence-electron chi connectivity index (χ1n) is 5.59. The summed E-state index contributed by atoms with van der Waals surface area (Å²) in [7, 11) is 0. The standard InChI is InChI=1S/C12H24O/c1-10-5-7-11(8-6-10)13-9-12(2,3)4/h10-11H,5-9H2,1-4H3. The monoisotopic (exact) mass is 184 g/mol. The lowest BCUT2D eigenvalue weighted by Gasteiger charge is -2.29. The topological polar surface area (TPSA) is 9.23 Å². The molecule has 1 fully saturated rings. The Morgan fingerprint density at radius 1 is 1.08 bits per heavy atom. The third-order valence-corrected chi connectivity index (χ3v) is 2.71. The second kappa shape index (κ2) is 4.45. The number of hydrogen-bond acceptors (Lipinski definition) is 1. The van der Waals surface area contributed by atoms with E-state index in [1.807, 2.05) is 0 Å². The molecular weight excluding hydrogens is 160 g/mol. The zero-order valence-corrected chi connectivity index (χ0v) is 9.60. The van der Waals surface area contributed by atoms with E-state index in [-0.39, 0.29) is 0 Å². The minimum atomic E-state index is 0.322. The van der Waals surface area contributed by atoms with Crippen molar-refractivity contribution < 1.29 is 4.74 Å². The van der Waals surface area contributed by atoms with Gasteiger partial charge in [-0.05, 0) is 37.0 Å². The Morgan fingerprint density at radius 2 is 1.62 bits per heavy atom. The summed E-state index contributed by atoms with van der Waals surface area (Å²) in [4.78, 5) is 0. The van der Waals surface area contributed by atoms with Gasteiger partial charge in [0, 0.05) is 0 Å². The Labute approximate surface area is 82.9 Å². The second-order valence-corrected chi connectivity index (χ2v) is 5.75. The van der Waals surface area contributed by atoms with Gasteiger partial charge in [0.2, 0.25) is 0 Å². The number of hydrogen-bond donors (Lipinski definition) is 0. The van der Waals surface area contributed by atoms with Crippen molar-refractivity contribution in [3.8, 4) is 0 Å². The molecule has 0 spiro atoms. The molecule has 0 aromatic rings. The fourth-order valence-electron chi connectivity index (χ4n) is 1.76. The Morgan fingerprint density at radius 3 is 2.08 bits per heavy atom. The number of rotatable bonds is 2. The zero-order valence-electron chi connectivity index (χ0n) is 9.60. The van der Waals surface area contributed by atoms with Crippen LogP contribution in [-0.2, 0) is 4.74 Å². The van der Waals surface area contributed by atoms with Crippen LogP contribution >= 0.6 is 0 Å². The Balaban J connectivity index is 2.16. The van der Waals surface area contributed by atoms with Crippen molar-refractivity contribution in [1.82, 2.24) is 0 Å². The molecule has 1 saturated carbocycles. The lowest BCUT2D eigenvalue weighted by molar-refractivity contribution is -0.0157. The van der Waals surface area contributed by atoms with Crippen molar-refractivity contribution >= 4 is 0 Å². The molecule has 78 valence electrons. The van der Waals surface area contributed by atoms with Gasteiger partial charge in [-0.25, -0.2) is 0 Å². The van der Waals surface area contributed by atoms with Gasteiger partial charge < -0.3 is 4.74 Å². The molecule has 0 unspecified atom stereocenters. The Bertz CT molecular complexity index is 138. The van der Waals surface area contributed by atoms with E-state index in [4.69, 9.17) is 4.74 Å². The highest BCUT2D eigenvalue weighted by Gasteiger charge is 2.20. The van der Waals surface area contributed by atoms with Crippen LogP contribution in [0, 0.1) is 11.3 Å². The maximum atomic E-state index is 5.90. The van der Waals surface area contributed by atoms with Crippen molar-refractivity contribution in [3.63, 3.8) is 0 Å².